The molecular weight excluding hydrogens is 392 g/mol. The van der Waals surface area contributed by atoms with E-state index in [1.165, 1.54) is 30.8 Å². The first-order chi connectivity index (χ1) is 15.2. The highest BCUT2D eigenvalue weighted by molar-refractivity contribution is 6.11. The second-order valence-corrected chi connectivity index (χ2v) is 7.68. The molecule has 0 saturated carbocycles. The van der Waals surface area contributed by atoms with Gasteiger partial charge in [-0.05, 0) is 55.3 Å². The summed E-state index contributed by atoms with van der Waals surface area (Å²) in [7, 11) is 0. The van der Waals surface area contributed by atoms with Gasteiger partial charge in [-0.3, -0.25) is 19.8 Å². The number of H-pyrrole nitrogens is 1. The number of aromatic nitrogens is 5. The van der Waals surface area contributed by atoms with Gasteiger partial charge in [0.2, 0.25) is 5.95 Å². The normalized spacial score (nSPS) is 14.2. The van der Waals surface area contributed by atoms with Gasteiger partial charge in [0, 0.05) is 29.9 Å². The number of likely N-dealkylation sites (tertiary alicyclic amines) is 1. The Kier molecular flexibility index (Phi) is 5.01. The van der Waals surface area contributed by atoms with Crippen LogP contribution in [0.5, 0.6) is 0 Å². The van der Waals surface area contributed by atoms with Crippen LogP contribution in [0.25, 0.3) is 22.0 Å². The molecule has 3 aromatic heterocycles. The molecule has 0 atom stereocenters. The smallest absolute Gasteiger partial charge is 0.276 e. The molecule has 4 heterocycles. The summed E-state index contributed by atoms with van der Waals surface area (Å²) < 4.78 is 0. The van der Waals surface area contributed by atoms with E-state index in [1.807, 2.05) is 30.6 Å². The third-order valence-electron chi connectivity index (χ3n) is 5.44. The molecule has 1 amide bonds. The number of amides is 1. The van der Waals surface area contributed by atoms with Crippen molar-refractivity contribution in [3.05, 3.63) is 60.3 Å². The van der Waals surface area contributed by atoms with E-state index in [2.05, 4.69) is 41.4 Å². The van der Waals surface area contributed by atoms with Crippen LogP contribution in [-0.2, 0) is 6.54 Å². The molecule has 1 aliphatic heterocycles. The maximum absolute atomic E-state index is 12.8. The van der Waals surface area contributed by atoms with Gasteiger partial charge >= 0.3 is 0 Å². The van der Waals surface area contributed by atoms with Crippen LogP contribution in [0.15, 0.2) is 49.1 Å². The molecule has 4 N–H and O–H groups in total. The quantitative estimate of drug-likeness (QED) is 0.458. The third-order valence-corrected chi connectivity index (χ3v) is 5.44. The van der Waals surface area contributed by atoms with Gasteiger partial charge in [0.25, 0.3) is 5.91 Å². The molecule has 0 spiro atoms. The number of nitrogens with two attached hydrogens (primary N) is 1. The molecule has 5 rings (SSSR count). The van der Waals surface area contributed by atoms with Crippen molar-refractivity contribution in [3.63, 3.8) is 0 Å². The summed E-state index contributed by atoms with van der Waals surface area (Å²) in [6.07, 6.45) is 9.21. The fourth-order valence-electron chi connectivity index (χ4n) is 3.89. The fourth-order valence-corrected chi connectivity index (χ4v) is 3.89. The first-order valence-electron chi connectivity index (χ1n) is 10.2. The Morgan fingerprint density at radius 3 is 2.68 bits per heavy atom. The van der Waals surface area contributed by atoms with E-state index >= 15 is 0 Å². The lowest BCUT2D eigenvalue weighted by Gasteiger charge is -2.14. The highest BCUT2D eigenvalue weighted by atomic mass is 16.1. The third kappa shape index (κ3) is 4.08. The highest BCUT2D eigenvalue weighted by Crippen LogP contribution is 2.26. The number of carbonyl (C=O) groups is 1. The summed E-state index contributed by atoms with van der Waals surface area (Å²) in [6, 6.07) is 8.06. The van der Waals surface area contributed by atoms with Gasteiger partial charge in [0.05, 0.1) is 23.6 Å². The van der Waals surface area contributed by atoms with Crippen LogP contribution in [-0.4, -0.2) is 49.0 Å². The zero-order chi connectivity index (χ0) is 21.2. The zero-order valence-corrected chi connectivity index (χ0v) is 16.9. The number of rotatable bonds is 5. The summed E-state index contributed by atoms with van der Waals surface area (Å²) in [6.45, 7) is 3.19. The zero-order valence-electron chi connectivity index (χ0n) is 16.9. The van der Waals surface area contributed by atoms with Crippen molar-refractivity contribution >= 4 is 28.4 Å². The summed E-state index contributed by atoms with van der Waals surface area (Å²) >= 11 is 0. The first-order valence-corrected chi connectivity index (χ1v) is 10.2. The number of hydrogen-bond acceptors (Lipinski definition) is 7. The van der Waals surface area contributed by atoms with Crippen LogP contribution in [0.3, 0.4) is 0 Å². The van der Waals surface area contributed by atoms with E-state index < -0.39 is 0 Å². The highest BCUT2D eigenvalue weighted by Gasteiger charge is 2.16. The van der Waals surface area contributed by atoms with Gasteiger partial charge in [-0.2, -0.15) is 5.10 Å². The molecule has 9 heteroatoms. The first kappa shape index (κ1) is 19.1. The minimum atomic E-state index is -0.349. The maximum Gasteiger partial charge on any atom is 0.276 e. The minimum Gasteiger partial charge on any atom is -0.368 e. The monoisotopic (exact) mass is 414 g/mol. The Balaban J connectivity index is 1.42. The summed E-state index contributed by atoms with van der Waals surface area (Å²) in [5.74, 6) is -0.203. The van der Waals surface area contributed by atoms with Crippen LogP contribution in [0.2, 0.25) is 0 Å². The standard InChI is InChI=1S/C22H22N8O/c23-22-25-11-17(12-26-22)27-21(31)20-18-8-15(3-4-19(18)28-29-20)16-7-14(9-24-10-16)13-30-5-1-2-6-30/h3-4,7-12H,1-2,5-6,13H2,(H,27,31)(H,28,29)(H2,23,25,26). The molecular formula is C22H22N8O. The average Bonchev–Trinajstić information content (AvgIpc) is 3.45. The molecule has 1 aromatic carbocycles. The lowest BCUT2D eigenvalue weighted by Crippen LogP contribution is -2.18. The Hall–Kier alpha value is -3.85. The second kappa shape index (κ2) is 8.11. The minimum absolute atomic E-state index is 0.147. The van der Waals surface area contributed by atoms with Gasteiger partial charge in [-0.25, -0.2) is 9.97 Å². The molecule has 0 bridgehead atoms. The van der Waals surface area contributed by atoms with Crippen molar-refractivity contribution in [2.24, 2.45) is 0 Å². The number of nitrogens with one attached hydrogen (secondary N) is 2. The molecule has 9 nitrogen and oxygen atoms in total. The molecule has 0 radical (unpaired) electrons. The summed E-state index contributed by atoms with van der Waals surface area (Å²) in [5.41, 5.74) is 10.2. The van der Waals surface area contributed by atoms with Gasteiger partial charge < -0.3 is 11.1 Å². The Labute approximate surface area is 178 Å². The van der Waals surface area contributed by atoms with Crippen LogP contribution in [0.1, 0.15) is 28.9 Å². The van der Waals surface area contributed by atoms with Crippen molar-refractivity contribution in [1.82, 2.24) is 30.0 Å². The van der Waals surface area contributed by atoms with Crippen molar-refractivity contribution in [3.8, 4) is 11.1 Å². The SMILES string of the molecule is Nc1ncc(NC(=O)c2n[nH]c3ccc(-c4cncc(CN5CCCC5)c4)cc23)cn1. The van der Waals surface area contributed by atoms with Crippen molar-refractivity contribution < 1.29 is 4.79 Å². The van der Waals surface area contributed by atoms with E-state index in [0.717, 1.165) is 41.7 Å². The van der Waals surface area contributed by atoms with Gasteiger partial charge in [0.15, 0.2) is 5.69 Å². The van der Waals surface area contributed by atoms with E-state index in [-0.39, 0.29) is 11.9 Å². The number of hydrogen-bond donors (Lipinski definition) is 3. The van der Waals surface area contributed by atoms with Gasteiger partial charge in [-0.15, -0.1) is 0 Å². The van der Waals surface area contributed by atoms with Crippen LogP contribution in [0.4, 0.5) is 11.6 Å². The van der Waals surface area contributed by atoms with Crippen molar-refractivity contribution in [2.45, 2.75) is 19.4 Å². The molecule has 156 valence electrons. The molecule has 1 saturated heterocycles. The van der Waals surface area contributed by atoms with E-state index in [1.54, 1.807) is 0 Å². The number of benzene rings is 1. The Morgan fingerprint density at radius 2 is 1.87 bits per heavy atom. The molecule has 1 fully saturated rings. The second-order valence-electron chi connectivity index (χ2n) is 7.68. The number of pyridine rings is 1. The lowest BCUT2D eigenvalue weighted by molar-refractivity contribution is 0.102. The van der Waals surface area contributed by atoms with Crippen molar-refractivity contribution in [1.29, 1.82) is 0 Å². The number of nitrogens with zero attached hydrogens (tertiary/aromatic N) is 5. The molecule has 31 heavy (non-hydrogen) atoms. The van der Waals surface area contributed by atoms with E-state index in [4.69, 9.17) is 5.73 Å². The van der Waals surface area contributed by atoms with Crippen LogP contribution >= 0.6 is 0 Å². The molecule has 1 aliphatic rings. The summed E-state index contributed by atoms with van der Waals surface area (Å²) in [4.78, 5) is 27.4. The van der Waals surface area contributed by atoms with Gasteiger partial charge in [-0.1, -0.05) is 6.07 Å². The number of fused-ring (bicyclic) bond motifs is 1. The number of anilines is 2. The largest absolute Gasteiger partial charge is 0.368 e. The molecule has 0 aliphatic carbocycles. The Morgan fingerprint density at radius 1 is 1.06 bits per heavy atom. The topological polar surface area (TPSA) is 126 Å². The molecule has 0 unspecified atom stereocenters. The molecule has 4 aromatic rings. The fraction of sp³-hybridized carbons (Fsp3) is 0.227. The van der Waals surface area contributed by atoms with Gasteiger partial charge in [0.1, 0.15) is 0 Å². The Bertz CT molecular complexity index is 1230. The maximum atomic E-state index is 12.8. The lowest BCUT2D eigenvalue weighted by atomic mass is 10.0. The van der Waals surface area contributed by atoms with Crippen LogP contribution in [0, 0.1) is 0 Å². The van der Waals surface area contributed by atoms with E-state index in [9.17, 15) is 4.79 Å². The van der Waals surface area contributed by atoms with E-state index in [0.29, 0.717) is 11.4 Å². The van der Waals surface area contributed by atoms with Crippen LogP contribution < -0.4 is 11.1 Å². The summed E-state index contributed by atoms with van der Waals surface area (Å²) in [5, 5.41) is 10.6. The predicted octanol–water partition coefficient (Wildman–Crippen LogP) is 2.85. The number of carbonyl (C=O) groups excluding carboxylic acids is 1. The predicted molar refractivity (Wildman–Crippen MR) is 118 cm³/mol. The average molecular weight is 414 g/mol. The number of aromatic amines is 1. The van der Waals surface area contributed by atoms with Crippen molar-refractivity contribution in [2.75, 3.05) is 24.1 Å². The number of nitrogen functional groups attached to an aromatic ring is 1.